The third-order valence-electron chi connectivity index (χ3n) is 4.44. The molecular formula is C20H16F3NO3. The number of rotatable bonds is 5. The first-order chi connectivity index (χ1) is 12.8. The summed E-state index contributed by atoms with van der Waals surface area (Å²) in [6.07, 6.45) is -4.72. The summed E-state index contributed by atoms with van der Waals surface area (Å²) in [6, 6.07) is 16.1. The number of carboxylic acids is 1. The number of nitrogens with zero attached hydrogens (tertiary/aromatic N) is 1. The molecule has 0 saturated heterocycles. The Morgan fingerprint density at radius 3 is 2.33 bits per heavy atom. The van der Waals surface area contributed by atoms with Crippen LogP contribution in [0.15, 0.2) is 66.2 Å². The third-order valence-corrected chi connectivity index (χ3v) is 4.44. The Morgan fingerprint density at radius 1 is 1.07 bits per heavy atom. The van der Waals surface area contributed by atoms with Crippen molar-refractivity contribution in [2.24, 2.45) is 0 Å². The smallest absolute Gasteiger partial charge is 0.423 e. The predicted octanol–water partition coefficient (Wildman–Crippen LogP) is 4.28. The standard InChI is InChI=1S/C20H16F3NO3/c21-20(22,23)16(19(26)27)11-10-15-14-8-4-5-9-17(14)24(18(15)25)12-13-6-2-1-3-7-13/h1-9,11,15H,10,12H2,(H,26,27). The number of benzene rings is 2. The molecule has 0 fully saturated rings. The molecule has 0 radical (unpaired) electrons. The number of carbonyl (C=O) groups is 2. The molecule has 0 spiro atoms. The van der Waals surface area contributed by atoms with Crippen molar-refractivity contribution < 1.29 is 27.9 Å². The van der Waals surface area contributed by atoms with E-state index in [1.807, 2.05) is 30.3 Å². The van der Waals surface area contributed by atoms with Gasteiger partial charge in [-0.05, 0) is 23.6 Å². The Balaban J connectivity index is 1.91. The summed E-state index contributed by atoms with van der Waals surface area (Å²) in [7, 11) is 0. The van der Waals surface area contributed by atoms with Crippen LogP contribution in [0.2, 0.25) is 0 Å². The molecule has 1 atom stereocenters. The third kappa shape index (κ3) is 3.86. The van der Waals surface area contributed by atoms with Crippen LogP contribution in [0.1, 0.15) is 23.5 Å². The molecule has 1 N–H and O–H groups in total. The largest absolute Gasteiger partial charge is 0.478 e. The van der Waals surface area contributed by atoms with Crippen molar-refractivity contribution in [1.29, 1.82) is 0 Å². The van der Waals surface area contributed by atoms with Gasteiger partial charge in [-0.25, -0.2) is 4.79 Å². The molecule has 0 saturated carbocycles. The van der Waals surface area contributed by atoms with Crippen molar-refractivity contribution in [3.63, 3.8) is 0 Å². The van der Waals surface area contributed by atoms with Crippen molar-refractivity contribution in [2.75, 3.05) is 4.90 Å². The van der Waals surface area contributed by atoms with Crippen LogP contribution < -0.4 is 4.90 Å². The fourth-order valence-electron chi connectivity index (χ4n) is 3.18. The molecule has 1 heterocycles. The molecule has 3 rings (SSSR count). The average molecular weight is 375 g/mol. The molecule has 0 aliphatic carbocycles. The first-order valence-electron chi connectivity index (χ1n) is 8.24. The molecule has 0 aromatic heterocycles. The lowest BCUT2D eigenvalue weighted by Crippen LogP contribution is -2.28. The van der Waals surface area contributed by atoms with E-state index in [9.17, 15) is 22.8 Å². The number of halogens is 3. The summed E-state index contributed by atoms with van der Waals surface area (Å²) in [5, 5.41) is 8.81. The minimum Gasteiger partial charge on any atom is -0.478 e. The van der Waals surface area contributed by atoms with E-state index in [1.54, 1.807) is 24.3 Å². The van der Waals surface area contributed by atoms with Gasteiger partial charge in [0.15, 0.2) is 0 Å². The Bertz CT molecular complexity index is 891. The Morgan fingerprint density at radius 2 is 1.70 bits per heavy atom. The van der Waals surface area contributed by atoms with Crippen molar-refractivity contribution in [3.05, 3.63) is 77.4 Å². The molecule has 140 valence electrons. The van der Waals surface area contributed by atoms with E-state index < -0.39 is 23.6 Å². The zero-order valence-electron chi connectivity index (χ0n) is 14.1. The molecule has 1 aliphatic rings. The number of hydrogen-bond donors (Lipinski definition) is 1. The summed E-state index contributed by atoms with van der Waals surface area (Å²) in [5.41, 5.74) is 0.461. The average Bonchev–Trinajstić information content (AvgIpc) is 2.87. The van der Waals surface area contributed by atoms with E-state index in [4.69, 9.17) is 5.11 Å². The SMILES string of the molecule is O=C(O)C(=CCC1C(=O)N(Cc2ccccc2)c2ccccc21)C(F)(F)F. The van der Waals surface area contributed by atoms with Gasteiger partial charge in [0.25, 0.3) is 0 Å². The summed E-state index contributed by atoms with van der Waals surface area (Å²) < 4.78 is 38.6. The lowest BCUT2D eigenvalue weighted by atomic mass is 9.96. The maximum atomic E-state index is 12.9. The zero-order valence-corrected chi connectivity index (χ0v) is 14.1. The van der Waals surface area contributed by atoms with Gasteiger partial charge in [-0.15, -0.1) is 0 Å². The van der Waals surface area contributed by atoms with Crippen LogP contribution in [0.3, 0.4) is 0 Å². The van der Waals surface area contributed by atoms with Gasteiger partial charge >= 0.3 is 12.1 Å². The van der Waals surface area contributed by atoms with Crippen LogP contribution in [0.4, 0.5) is 18.9 Å². The number of alkyl halides is 3. The molecule has 0 bridgehead atoms. The summed E-state index contributed by atoms with van der Waals surface area (Å²) in [5.74, 6) is -3.24. The van der Waals surface area contributed by atoms with E-state index in [0.29, 0.717) is 23.9 Å². The van der Waals surface area contributed by atoms with E-state index in [0.717, 1.165) is 5.56 Å². The number of para-hydroxylation sites is 1. The van der Waals surface area contributed by atoms with Gasteiger partial charge in [-0.2, -0.15) is 13.2 Å². The van der Waals surface area contributed by atoms with Crippen molar-refractivity contribution >= 4 is 17.6 Å². The molecule has 1 aliphatic heterocycles. The number of fused-ring (bicyclic) bond motifs is 1. The number of amides is 1. The van der Waals surface area contributed by atoms with E-state index in [1.165, 1.54) is 4.90 Å². The van der Waals surface area contributed by atoms with Crippen molar-refractivity contribution in [2.45, 2.75) is 25.1 Å². The number of carboxylic acid groups (broad SMARTS) is 1. The summed E-state index contributed by atoms with van der Waals surface area (Å²) >= 11 is 0. The van der Waals surface area contributed by atoms with Crippen molar-refractivity contribution in [3.8, 4) is 0 Å². The fraction of sp³-hybridized carbons (Fsp3) is 0.200. The lowest BCUT2D eigenvalue weighted by Gasteiger charge is -2.18. The second-order valence-electron chi connectivity index (χ2n) is 6.18. The molecule has 1 amide bonds. The van der Waals surface area contributed by atoms with Gasteiger partial charge < -0.3 is 10.0 Å². The van der Waals surface area contributed by atoms with Crippen LogP contribution in [-0.2, 0) is 16.1 Å². The monoisotopic (exact) mass is 375 g/mol. The number of carbonyl (C=O) groups excluding carboxylic acids is 1. The lowest BCUT2D eigenvalue weighted by molar-refractivity contribution is -0.145. The van der Waals surface area contributed by atoms with E-state index in [2.05, 4.69) is 0 Å². The molecule has 1 unspecified atom stereocenters. The van der Waals surface area contributed by atoms with Crippen LogP contribution in [0.5, 0.6) is 0 Å². The number of allylic oxidation sites excluding steroid dienone is 1. The minimum atomic E-state index is -4.98. The predicted molar refractivity (Wildman–Crippen MR) is 93.2 cm³/mol. The molecular weight excluding hydrogens is 359 g/mol. The second-order valence-corrected chi connectivity index (χ2v) is 6.18. The maximum Gasteiger partial charge on any atom is 0.423 e. The number of anilines is 1. The van der Waals surface area contributed by atoms with Gasteiger partial charge in [-0.3, -0.25) is 4.79 Å². The fourth-order valence-corrected chi connectivity index (χ4v) is 3.18. The summed E-state index contributed by atoms with van der Waals surface area (Å²) in [6.45, 7) is 0.294. The van der Waals surface area contributed by atoms with Crippen molar-refractivity contribution in [1.82, 2.24) is 0 Å². The van der Waals surface area contributed by atoms with Crippen LogP contribution >= 0.6 is 0 Å². The zero-order chi connectivity index (χ0) is 19.6. The van der Waals surface area contributed by atoms with Crippen LogP contribution in [0.25, 0.3) is 0 Å². The van der Waals surface area contributed by atoms with Gasteiger partial charge in [0.2, 0.25) is 5.91 Å². The highest BCUT2D eigenvalue weighted by atomic mass is 19.4. The van der Waals surface area contributed by atoms with Gasteiger partial charge in [0.05, 0.1) is 12.5 Å². The van der Waals surface area contributed by atoms with Gasteiger partial charge in [0.1, 0.15) is 5.57 Å². The normalized spacial score (nSPS) is 17.1. The minimum absolute atomic E-state index is 0.294. The second kappa shape index (κ2) is 7.26. The molecule has 2 aromatic rings. The molecule has 27 heavy (non-hydrogen) atoms. The number of aliphatic carboxylic acids is 1. The highest BCUT2D eigenvalue weighted by Crippen LogP contribution is 2.40. The summed E-state index contributed by atoms with van der Waals surface area (Å²) in [4.78, 5) is 25.3. The first kappa shape index (κ1) is 18.7. The highest BCUT2D eigenvalue weighted by Gasteiger charge is 2.41. The highest BCUT2D eigenvalue weighted by molar-refractivity contribution is 6.05. The van der Waals surface area contributed by atoms with Crippen LogP contribution in [-0.4, -0.2) is 23.2 Å². The van der Waals surface area contributed by atoms with Gasteiger partial charge in [0, 0.05) is 5.69 Å². The quantitative estimate of drug-likeness (QED) is 0.794. The molecule has 2 aromatic carbocycles. The topological polar surface area (TPSA) is 57.6 Å². The molecule has 7 heteroatoms. The van der Waals surface area contributed by atoms with Gasteiger partial charge in [-0.1, -0.05) is 54.6 Å². The Labute approximate surface area is 153 Å². The Kier molecular flexibility index (Phi) is 5.03. The maximum absolute atomic E-state index is 12.9. The van der Waals surface area contributed by atoms with E-state index >= 15 is 0 Å². The number of hydrogen-bond acceptors (Lipinski definition) is 2. The van der Waals surface area contributed by atoms with Crippen LogP contribution in [0, 0.1) is 0 Å². The first-order valence-corrected chi connectivity index (χ1v) is 8.24. The van der Waals surface area contributed by atoms with E-state index in [-0.39, 0.29) is 12.3 Å². The Hall–Kier alpha value is -3.09. The molecule has 4 nitrogen and oxygen atoms in total.